The molecule has 0 saturated heterocycles. The first kappa shape index (κ1) is 18.2. The number of carbonyl (C=O) groups excluding carboxylic acids is 1. The van der Waals surface area contributed by atoms with Gasteiger partial charge in [-0.3, -0.25) is 0 Å². The number of sulfone groups is 1. The van der Waals surface area contributed by atoms with E-state index in [4.69, 9.17) is 0 Å². The highest BCUT2D eigenvalue weighted by molar-refractivity contribution is 7.91. The lowest BCUT2D eigenvalue weighted by molar-refractivity contribution is -0.136. The third-order valence-electron chi connectivity index (χ3n) is 3.06. The van der Waals surface area contributed by atoms with Gasteiger partial charge in [-0.25, -0.2) is 13.2 Å². The smallest absolute Gasteiger partial charge is 0.384 e. The van der Waals surface area contributed by atoms with Crippen molar-refractivity contribution < 1.29 is 17.9 Å². The summed E-state index contributed by atoms with van der Waals surface area (Å²) in [5.41, 5.74) is 1.04. The fraction of sp³-hybridized carbons (Fsp3) is 0.471. The molecule has 0 bridgehead atoms. The van der Waals surface area contributed by atoms with Gasteiger partial charge in [-0.2, -0.15) is 0 Å². The molecule has 0 amide bonds. The lowest BCUT2D eigenvalue weighted by atomic mass is 10.2. The van der Waals surface area contributed by atoms with Crippen molar-refractivity contribution in [3.8, 4) is 11.8 Å². The van der Waals surface area contributed by atoms with Crippen LogP contribution in [-0.2, 0) is 19.4 Å². The molecule has 5 heteroatoms. The predicted octanol–water partition coefficient (Wildman–Crippen LogP) is 2.90. The van der Waals surface area contributed by atoms with Crippen LogP contribution in [0.3, 0.4) is 0 Å². The first-order chi connectivity index (χ1) is 10.5. The van der Waals surface area contributed by atoms with E-state index in [0.717, 1.165) is 18.4 Å². The molecule has 4 nitrogen and oxygen atoms in total. The number of hydrogen-bond acceptors (Lipinski definition) is 4. The Balaban J connectivity index is 2.29. The van der Waals surface area contributed by atoms with E-state index in [2.05, 4.69) is 16.6 Å². The summed E-state index contributed by atoms with van der Waals surface area (Å²) >= 11 is 0. The van der Waals surface area contributed by atoms with E-state index in [1.165, 1.54) is 0 Å². The molecule has 0 atom stereocenters. The summed E-state index contributed by atoms with van der Waals surface area (Å²) in [4.78, 5) is 11.3. The maximum absolute atomic E-state index is 12.1. The van der Waals surface area contributed by atoms with Gasteiger partial charge in [0.05, 0.1) is 17.3 Å². The standard InChI is InChI=1S/C17H22O4S/c1-3-21-17(18)9-7-5-4-6-8-14-22(19,20)16-12-10-15(2)11-13-16/h10-13H,3-6,8,14H2,1-2H3. The molecule has 0 heterocycles. The maximum atomic E-state index is 12.1. The molecule has 0 N–H and O–H groups in total. The Morgan fingerprint density at radius 1 is 1.14 bits per heavy atom. The highest BCUT2D eigenvalue weighted by Gasteiger charge is 2.13. The van der Waals surface area contributed by atoms with Gasteiger partial charge < -0.3 is 4.74 Å². The Hall–Kier alpha value is -1.80. The summed E-state index contributed by atoms with van der Waals surface area (Å²) < 4.78 is 28.9. The van der Waals surface area contributed by atoms with Crippen LogP contribution in [0.4, 0.5) is 0 Å². The van der Waals surface area contributed by atoms with Gasteiger partial charge in [-0.1, -0.05) is 30.0 Å². The summed E-state index contributed by atoms with van der Waals surface area (Å²) in [7, 11) is -3.20. The van der Waals surface area contributed by atoms with Crippen molar-refractivity contribution in [2.45, 2.75) is 44.4 Å². The zero-order chi connectivity index (χ0) is 16.4. The largest absolute Gasteiger partial charge is 0.456 e. The van der Waals surface area contributed by atoms with Crippen LogP contribution >= 0.6 is 0 Å². The first-order valence-corrected chi connectivity index (χ1v) is 9.06. The molecular weight excluding hydrogens is 300 g/mol. The molecule has 0 fully saturated rings. The second-order valence-electron chi connectivity index (χ2n) is 4.96. The van der Waals surface area contributed by atoms with Gasteiger partial charge in [0, 0.05) is 12.3 Å². The molecule has 1 aromatic rings. The van der Waals surface area contributed by atoms with E-state index in [1.807, 2.05) is 6.92 Å². The lowest BCUT2D eigenvalue weighted by Gasteiger charge is -2.04. The number of unbranched alkanes of at least 4 members (excludes halogenated alkanes) is 3. The van der Waals surface area contributed by atoms with Gasteiger partial charge in [0.2, 0.25) is 0 Å². The lowest BCUT2D eigenvalue weighted by Crippen LogP contribution is -2.06. The van der Waals surface area contributed by atoms with Gasteiger partial charge in [0.1, 0.15) is 0 Å². The second-order valence-corrected chi connectivity index (χ2v) is 7.07. The van der Waals surface area contributed by atoms with Crippen LogP contribution in [0.15, 0.2) is 29.2 Å². The zero-order valence-corrected chi connectivity index (χ0v) is 13.9. The van der Waals surface area contributed by atoms with E-state index in [9.17, 15) is 13.2 Å². The van der Waals surface area contributed by atoms with Crippen LogP contribution in [0, 0.1) is 18.8 Å². The van der Waals surface area contributed by atoms with Crippen LogP contribution in [0.1, 0.15) is 38.2 Å². The molecule has 0 radical (unpaired) electrons. The highest BCUT2D eigenvalue weighted by Crippen LogP contribution is 2.14. The van der Waals surface area contributed by atoms with Gasteiger partial charge >= 0.3 is 5.97 Å². The first-order valence-electron chi connectivity index (χ1n) is 7.41. The maximum Gasteiger partial charge on any atom is 0.384 e. The number of rotatable bonds is 7. The normalized spacial score (nSPS) is 10.6. The van der Waals surface area contributed by atoms with Crippen LogP contribution in [0.5, 0.6) is 0 Å². The molecule has 0 aliphatic heterocycles. The zero-order valence-electron chi connectivity index (χ0n) is 13.1. The van der Waals surface area contributed by atoms with E-state index in [1.54, 1.807) is 31.2 Å². The molecule has 0 spiro atoms. The van der Waals surface area contributed by atoms with Gasteiger partial charge in [-0.05, 0) is 38.8 Å². The summed E-state index contributed by atoms with van der Waals surface area (Å²) in [6, 6.07) is 6.90. The molecule has 120 valence electrons. The topological polar surface area (TPSA) is 60.4 Å². The van der Waals surface area contributed by atoms with Crippen molar-refractivity contribution in [2.75, 3.05) is 12.4 Å². The fourth-order valence-electron chi connectivity index (χ4n) is 1.85. The Morgan fingerprint density at radius 2 is 1.82 bits per heavy atom. The monoisotopic (exact) mass is 322 g/mol. The molecular formula is C17H22O4S. The number of hydrogen-bond donors (Lipinski definition) is 0. The van der Waals surface area contributed by atoms with E-state index >= 15 is 0 Å². The number of ether oxygens (including phenoxy) is 1. The van der Waals surface area contributed by atoms with Crippen molar-refractivity contribution in [1.29, 1.82) is 0 Å². The van der Waals surface area contributed by atoms with Crippen LogP contribution in [0.25, 0.3) is 0 Å². The Morgan fingerprint density at radius 3 is 2.45 bits per heavy atom. The van der Waals surface area contributed by atoms with Gasteiger partial charge in [0.15, 0.2) is 9.84 Å². The van der Waals surface area contributed by atoms with Gasteiger partial charge in [0.25, 0.3) is 0 Å². The minimum Gasteiger partial charge on any atom is -0.456 e. The molecule has 0 aliphatic carbocycles. The molecule has 1 rings (SSSR count). The third kappa shape index (κ3) is 6.77. The summed E-state index contributed by atoms with van der Waals surface area (Å²) in [6.45, 7) is 3.98. The van der Waals surface area contributed by atoms with Gasteiger partial charge in [-0.15, -0.1) is 0 Å². The minimum atomic E-state index is -3.20. The average molecular weight is 322 g/mol. The minimum absolute atomic E-state index is 0.140. The molecule has 0 saturated carbocycles. The fourth-order valence-corrected chi connectivity index (χ4v) is 3.22. The van der Waals surface area contributed by atoms with E-state index < -0.39 is 15.8 Å². The summed E-state index contributed by atoms with van der Waals surface area (Å²) in [5.74, 6) is 4.75. The van der Waals surface area contributed by atoms with Crippen molar-refractivity contribution in [1.82, 2.24) is 0 Å². The van der Waals surface area contributed by atoms with Crippen LogP contribution in [0.2, 0.25) is 0 Å². The third-order valence-corrected chi connectivity index (χ3v) is 4.88. The Bertz CT molecular complexity index is 633. The predicted molar refractivity (Wildman–Crippen MR) is 86.1 cm³/mol. The summed E-state index contributed by atoms with van der Waals surface area (Å²) in [6.07, 6.45) is 2.71. The Kier molecular flexibility index (Phi) is 7.69. The molecule has 0 aromatic heterocycles. The van der Waals surface area contributed by atoms with Crippen molar-refractivity contribution >= 4 is 15.8 Å². The SMILES string of the molecule is CCOC(=O)C#CCCCCCS(=O)(=O)c1ccc(C)cc1. The molecule has 0 aliphatic rings. The number of aryl methyl sites for hydroxylation is 1. The van der Waals surface area contributed by atoms with Crippen molar-refractivity contribution in [3.05, 3.63) is 29.8 Å². The van der Waals surface area contributed by atoms with Crippen LogP contribution < -0.4 is 0 Å². The molecule has 22 heavy (non-hydrogen) atoms. The highest BCUT2D eigenvalue weighted by atomic mass is 32.2. The van der Waals surface area contributed by atoms with Crippen LogP contribution in [-0.4, -0.2) is 26.7 Å². The second kappa shape index (κ2) is 9.26. The van der Waals surface area contributed by atoms with Crippen molar-refractivity contribution in [2.24, 2.45) is 0 Å². The Labute approximate surface area is 132 Å². The molecule has 0 unspecified atom stereocenters. The quantitative estimate of drug-likeness (QED) is 0.335. The average Bonchev–Trinajstić information content (AvgIpc) is 2.47. The van der Waals surface area contributed by atoms with Crippen molar-refractivity contribution in [3.63, 3.8) is 0 Å². The summed E-state index contributed by atoms with van der Waals surface area (Å²) in [5, 5.41) is 0. The van der Waals surface area contributed by atoms with E-state index in [-0.39, 0.29) is 5.75 Å². The number of esters is 1. The van der Waals surface area contributed by atoms with E-state index in [0.29, 0.717) is 24.3 Å². The number of carbonyl (C=O) groups is 1. The molecule has 1 aromatic carbocycles. The number of benzene rings is 1.